The molecular weight excluding hydrogens is 324 g/mol. The van der Waals surface area contributed by atoms with Gasteiger partial charge in [-0.3, -0.25) is 9.59 Å². The van der Waals surface area contributed by atoms with E-state index < -0.39 is 0 Å². The first-order chi connectivity index (χ1) is 12.0. The number of nitrogens with zero attached hydrogens (tertiary/aromatic N) is 1. The van der Waals surface area contributed by atoms with Crippen LogP contribution in [0, 0.1) is 0 Å². The van der Waals surface area contributed by atoms with Crippen molar-refractivity contribution in [2.24, 2.45) is 0 Å². The van der Waals surface area contributed by atoms with E-state index >= 15 is 0 Å². The Hall–Kier alpha value is -3.22. The highest BCUT2D eigenvalue weighted by Gasteiger charge is 2.26. The summed E-state index contributed by atoms with van der Waals surface area (Å²) < 4.78 is 15.8. The molecule has 7 heteroatoms. The van der Waals surface area contributed by atoms with Crippen molar-refractivity contribution in [1.29, 1.82) is 0 Å². The summed E-state index contributed by atoms with van der Waals surface area (Å²) in [5.74, 6) is 1.03. The van der Waals surface area contributed by atoms with Gasteiger partial charge in [0, 0.05) is 12.6 Å². The highest BCUT2D eigenvalue weighted by Crippen LogP contribution is 2.38. The van der Waals surface area contributed by atoms with Crippen molar-refractivity contribution in [1.82, 2.24) is 0 Å². The third-order valence-corrected chi connectivity index (χ3v) is 3.95. The smallest absolute Gasteiger partial charge is 0.264 e. The van der Waals surface area contributed by atoms with Gasteiger partial charge in [-0.2, -0.15) is 0 Å². The van der Waals surface area contributed by atoms with Crippen molar-refractivity contribution in [3.05, 3.63) is 42.0 Å². The van der Waals surface area contributed by atoms with Gasteiger partial charge >= 0.3 is 0 Å². The Bertz CT molecular complexity index is 834. The summed E-state index contributed by atoms with van der Waals surface area (Å²) in [4.78, 5) is 26.0. The van der Waals surface area contributed by atoms with Crippen molar-refractivity contribution in [3.63, 3.8) is 0 Å². The minimum atomic E-state index is -0.333. The van der Waals surface area contributed by atoms with Gasteiger partial charge in [0.2, 0.25) is 0 Å². The number of methoxy groups -OCH3 is 2. The van der Waals surface area contributed by atoms with Gasteiger partial charge in [-0.25, -0.2) is 0 Å². The van der Waals surface area contributed by atoms with E-state index in [1.54, 1.807) is 43.4 Å². The molecule has 25 heavy (non-hydrogen) atoms. The molecule has 0 aliphatic carbocycles. The number of ether oxygens (including phenoxy) is 3. The first kappa shape index (κ1) is 16.6. The number of carbonyl (C=O) groups excluding carboxylic acids is 2. The molecule has 0 saturated heterocycles. The third kappa shape index (κ3) is 3.08. The zero-order valence-electron chi connectivity index (χ0n) is 14.2. The minimum absolute atomic E-state index is 0.0173. The summed E-state index contributed by atoms with van der Waals surface area (Å²) in [7, 11) is 4.68. The Labute approximate surface area is 145 Å². The lowest BCUT2D eigenvalue weighted by Crippen LogP contribution is -2.36. The van der Waals surface area contributed by atoms with Crippen LogP contribution in [0.4, 0.5) is 11.4 Å². The van der Waals surface area contributed by atoms with Crippen LogP contribution in [0.2, 0.25) is 0 Å². The lowest BCUT2D eigenvalue weighted by atomic mass is 10.1. The Balaban J connectivity index is 1.91. The summed E-state index contributed by atoms with van der Waals surface area (Å²) in [5.41, 5.74) is 1.43. The first-order valence-electron chi connectivity index (χ1n) is 7.61. The van der Waals surface area contributed by atoms with Crippen LogP contribution >= 0.6 is 0 Å². The molecule has 3 rings (SSSR count). The molecular formula is C18H18N2O5. The molecule has 1 heterocycles. The Morgan fingerprint density at radius 2 is 1.92 bits per heavy atom. The molecule has 1 aliphatic heterocycles. The summed E-state index contributed by atoms with van der Waals surface area (Å²) in [5, 5.41) is 2.82. The van der Waals surface area contributed by atoms with Crippen LogP contribution in [-0.4, -0.2) is 39.7 Å². The van der Waals surface area contributed by atoms with Crippen LogP contribution in [0.5, 0.6) is 17.2 Å². The van der Waals surface area contributed by atoms with E-state index in [1.807, 2.05) is 0 Å². The number of nitrogens with one attached hydrogen (secondary N) is 1. The number of likely N-dealkylation sites (N-methyl/N-ethyl adjacent to an activating group) is 1. The second-order valence-electron chi connectivity index (χ2n) is 5.42. The highest BCUT2D eigenvalue weighted by atomic mass is 16.5. The highest BCUT2D eigenvalue weighted by molar-refractivity contribution is 6.09. The van der Waals surface area contributed by atoms with Crippen molar-refractivity contribution < 1.29 is 23.8 Å². The largest absolute Gasteiger partial charge is 0.493 e. The number of fused-ring (bicyclic) bond motifs is 1. The lowest BCUT2D eigenvalue weighted by Gasteiger charge is -2.28. The molecule has 2 aromatic rings. The second kappa shape index (κ2) is 6.72. The number of hydrogen-bond acceptors (Lipinski definition) is 5. The third-order valence-electron chi connectivity index (χ3n) is 3.95. The van der Waals surface area contributed by atoms with Gasteiger partial charge < -0.3 is 24.4 Å². The SMILES string of the molecule is COc1ccc(C(=O)Nc2cccc3c2N(C)C(=O)CO3)cc1OC. The summed E-state index contributed by atoms with van der Waals surface area (Å²) in [6.07, 6.45) is 0. The minimum Gasteiger partial charge on any atom is -0.493 e. The molecule has 0 unspecified atom stereocenters. The van der Waals surface area contributed by atoms with Crippen molar-refractivity contribution in [2.75, 3.05) is 38.1 Å². The molecule has 0 fully saturated rings. The maximum absolute atomic E-state index is 12.6. The molecule has 0 aromatic heterocycles. The van der Waals surface area contributed by atoms with Gasteiger partial charge in [-0.15, -0.1) is 0 Å². The normalized spacial score (nSPS) is 12.9. The van der Waals surface area contributed by atoms with Gasteiger partial charge in [-0.05, 0) is 30.3 Å². The quantitative estimate of drug-likeness (QED) is 0.923. The van der Waals surface area contributed by atoms with E-state index in [2.05, 4.69) is 5.32 Å². The molecule has 0 bridgehead atoms. The first-order valence-corrected chi connectivity index (χ1v) is 7.61. The van der Waals surface area contributed by atoms with E-state index in [0.717, 1.165) is 0 Å². The monoisotopic (exact) mass is 342 g/mol. The Kier molecular flexibility index (Phi) is 4.47. The lowest BCUT2D eigenvalue weighted by molar-refractivity contribution is -0.120. The van der Waals surface area contributed by atoms with Crippen LogP contribution in [0.15, 0.2) is 36.4 Å². The number of anilines is 2. The molecule has 1 N–H and O–H groups in total. The molecule has 0 radical (unpaired) electrons. The average Bonchev–Trinajstić information content (AvgIpc) is 2.64. The second-order valence-corrected chi connectivity index (χ2v) is 5.42. The predicted octanol–water partition coefficient (Wildman–Crippen LogP) is 2.31. The number of carbonyl (C=O) groups is 2. The van der Waals surface area contributed by atoms with Gasteiger partial charge in [0.25, 0.3) is 11.8 Å². The maximum Gasteiger partial charge on any atom is 0.264 e. The summed E-state index contributed by atoms with van der Waals surface area (Å²) in [6, 6.07) is 10.1. The molecule has 1 aliphatic rings. The fourth-order valence-electron chi connectivity index (χ4n) is 2.62. The van der Waals surface area contributed by atoms with E-state index in [0.29, 0.717) is 34.2 Å². The fraction of sp³-hybridized carbons (Fsp3) is 0.222. The summed E-state index contributed by atoms with van der Waals surface area (Å²) in [6.45, 7) is -0.0173. The van der Waals surface area contributed by atoms with Crippen LogP contribution in [-0.2, 0) is 4.79 Å². The Morgan fingerprint density at radius 1 is 1.16 bits per heavy atom. The van der Waals surface area contributed by atoms with Crippen molar-refractivity contribution >= 4 is 23.2 Å². The number of benzene rings is 2. The van der Waals surface area contributed by atoms with Gasteiger partial charge in [-0.1, -0.05) is 6.07 Å². The fourth-order valence-corrected chi connectivity index (χ4v) is 2.62. The molecule has 0 saturated carbocycles. The number of amides is 2. The Morgan fingerprint density at radius 3 is 2.64 bits per heavy atom. The number of rotatable bonds is 4. The topological polar surface area (TPSA) is 77.1 Å². The molecule has 7 nitrogen and oxygen atoms in total. The van der Waals surface area contributed by atoms with E-state index in [1.165, 1.54) is 19.1 Å². The average molecular weight is 342 g/mol. The zero-order valence-corrected chi connectivity index (χ0v) is 14.2. The predicted molar refractivity (Wildman–Crippen MR) is 92.8 cm³/mol. The number of para-hydroxylation sites is 1. The van der Waals surface area contributed by atoms with Crippen LogP contribution in [0.25, 0.3) is 0 Å². The van der Waals surface area contributed by atoms with Crippen molar-refractivity contribution in [2.45, 2.75) is 0 Å². The number of hydrogen-bond donors (Lipinski definition) is 1. The molecule has 2 aromatic carbocycles. The molecule has 2 amide bonds. The molecule has 0 atom stereocenters. The van der Waals surface area contributed by atoms with Crippen molar-refractivity contribution in [3.8, 4) is 17.2 Å². The van der Waals surface area contributed by atoms with E-state index in [-0.39, 0.29) is 18.4 Å². The van der Waals surface area contributed by atoms with Gasteiger partial charge in [0.05, 0.1) is 19.9 Å². The molecule has 130 valence electrons. The molecule has 0 spiro atoms. The standard InChI is InChI=1S/C18H18N2O5/c1-20-16(21)10-25-14-6-4-5-12(17(14)20)19-18(22)11-7-8-13(23-2)15(9-11)24-3/h4-9H,10H2,1-3H3,(H,19,22). The van der Waals surface area contributed by atoms with Crippen LogP contribution in [0.1, 0.15) is 10.4 Å². The van der Waals surface area contributed by atoms with Crippen LogP contribution in [0.3, 0.4) is 0 Å². The van der Waals surface area contributed by atoms with E-state index in [4.69, 9.17) is 14.2 Å². The van der Waals surface area contributed by atoms with Gasteiger partial charge in [0.15, 0.2) is 18.1 Å². The van der Waals surface area contributed by atoms with E-state index in [9.17, 15) is 9.59 Å². The van der Waals surface area contributed by atoms with Crippen LogP contribution < -0.4 is 24.4 Å². The zero-order chi connectivity index (χ0) is 18.0. The van der Waals surface area contributed by atoms with Gasteiger partial charge in [0.1, 0.15) is 11.4 Å². The summed E-state index contributed by atoms with van der Waals surface area (Å²) >= 11 is 0. The maximum atomic E-state index is 12.6.